The molecule has 0 radical (unpaired) electrons. The van der Waals surface area contributed by atoms with Gasteiger partial charge in [-0.3, -0.25) is 19.1 Å². The van der Waals surface area contributed by atoms with Crippen molar-refractivity contribution in [1.82, 2.24) is 4.98 Å². The molecule has 14 heteroatoms. The van der Waals surface area contributed by atoms with E-state index in [4.69, 9.17) is 25.5 Å². The number of hydrogen-bond acceptors (Lipinski definition) is 10. The lowest BCUT2D eigenvalue weighted by atomic mass is 9.72. The topological polar surface area (TPSA) is 178 Å². The Bertz CT molecular complexity index is 3310. The lowest BCUT2D eigenvalue weighted by Gasteiger charge is -2.32. The number of sulfonamides is 1. The average molecular weight is 966 g/mol. The second kappa shape index (κ2) is 20.1. The van der Waals surface area contributed by atoms with E-state index in [9.17, 15) is 28.1 Å². The van der Waals surface area contributed by atoms with Crippen LogP contribution in [0, 0.1) is 23.7 Å². The van der Waals surface area contributed by atoms with E-state index in [-0.39, 0.29) is 51.4 Å². The summed E-state index contributed by atoms with van der Waals surface area (Å²) in [5.41, 5.74) is 6.50. The summed E-state index contributed by atoms with van der Waals surface area (Å²) in [5, 5.41) is 14.8. The van der Waals surface area contributed by atoms with Crippen molar-refractivity contribution in [3.8, 4) is 11.8 Å². The molecule has 2 N–H and O–H groups in total. The molecular formula is C55H53ClN4O8S. The molecule has 0 aliphatic heterocycles. The number of nitrogens with zero attached hydrogens (tertiary/aromatic N) is 2. The first kappa shape index (κ1) is 49.6. The Morgan fingerprint density at radius 3 is 2.29 bits per heavy atom. The third-order valence-electron chi connectivity index (χ3n) is 11.6. The van der Waals surface area contributed by atoms with E-state index in [0.717, 1.165) is 34.6 Å². The maximum Gasteiger partial charge on any atom is 0.311 e. The zero-order valence-electron chi connectivity index (χ0n) is 39.7. The number of aryl methyl sites for hydroxylation is 1. The number of Topliss-reactive ketones (excluding diaryl/α,β-unsaturated/α-hetero) is 1. The van der Waals surface area contributed by atoms with E-state index in [1.54, 1.807) is 60.7 Å². The van der Waals surface area contributed by atoms with Crippen LogP contribution >= 0.6 is 11.6 Å². The minimum absolute atomic E-state index is 0.0921. The molecular weight excluding hydrogens is 912 g/mol. The predicted molar refractivity (Wildman–Crippen MR) is 272 cm³/mol. The van der Waals surface area contributed by atoms with Crippen LogP contribution in [0.5, 0.6) is 5.75 Å². The maximum absolute atomic E-state index is 14.1. The summed E-state index contributed by atoms with van der Waals surface area (Å²) in [4.78, 5) is 46.6. The van der Waals surface area contributed by atoms with Gasteiger partial charge in [0, 0.05) is 12.0 Å². The number of amides is 1. The van der Waals surface area contributed by atoms with Gasteiger partial charge in [-0.15, -0.1) is 0 Å². The Morgan fingerprint density at radius 2 is 1.61 bits per heavy atom. The number of methoxy groups -OCH3 is 1. The van der Waals surface area contributed by atoms with Gasteiger partial charge in [0.25, 0.3) is 5.91 Å². The second-order valence-electron chi connectivity index (χ2n) is 19.0. The summed E-state index contributed by atoms with van der Waals surface area (Å²) in [7, 11) is -2.15. The Balaban J connectivity index is 1.11. The molecule has 1 amide bonds. The lowest BCUT2D eigenvalue weighted by molar-refractivity contribution is -0.150. The van der Waals surface area contributed by atoms with Gasteiger partial charge in [-0.1, -0.05) is 107 Å². The first-order valence-electron chi connectivity index (χ1n) is 22.2. The largest absolute Gasteiger partial charge is 0.497 e. The molecule has 6 aromatic carbocycles. The van der Waals surface area contributed by atoms with Crippen LogP contribution in [0.2, 0.25) is 5.02 Å². The molecule has 0 bridgehead atoms. The van der Waals surface area contributed by atoms with Gasteiger partial charge in [-0.2, -0.15) is 5.26 Å². The van der Waals surface area contributed by atoms with E-state index in [1.807, 2.05) is 55.5 Å². The van der Waals surface area contributed by atoms with Crippen molar-refractivity contribution in [1.29, 1.82) is 5.26 Å². The molecule has 354 valence electrons. The third kappa shape index (κ3) is 12.3. The van der Waals surface area contributed by atoms with Gasteiger partial charge >= 0.3 is 5.97 Å². The highest BCUT2D eigenvalue weighted by molar-refractivity contribution is 7.92. The Morgan fingerprint density at radius 1 is 0.884 bits per heavy atom. The van der Waals surface area contributed by atoms with E-state index in [1.165, 1.54) is 19.2 Å². The van der Waals surface area contributed by atoms with Crippen LogP contribution in [0.1, 0.15) is 90.7 Å². The standard InChI is InChI=1S/C55H53ClN4O8S/c1-33-25-34(13-15-38(33)29-39(31-57)53-59-47-30-40(19-24-48(47)67-53)55(5,6)32-54(2,3)4)28-49(61)68-51(50(62)37-16-20-41(66-7)21-17-37)52(63)58-46-27-35(14-22-44(46)56)26-43-42-12-10-9-11-36(42)18-23-45(43)60-69(8,64)65/h9-25,27,29-30,51,60H,26,28,32H2,1-8H3,(H,58,63)/b39-29+. The maximum atomic E-state index is 14.1. The molecule has 7 rings (SSSR count). The quantitative estimate of drug-likeness (QED) is 0.0410. The predicted octanol–water partition coefficient (Wildman–Crippen LogP) is 11.7. The van der Waals surface area contributed by atoms with Gasteiger partial charge in [-0.25, -0.2) is 13.4 Å². The zero-order valence-corrected chi connectivity index (χ0v) is 41.3. The number of benzene rings is 6. The minimum atomic E-state index is -3.62. The molecule has 1 aromatic heterocycles. The number of anilines is 2. The molecule has 0 saturated heterocycles. The van der Waals surface area contributed by atoms with Gasteiger partial charge in [0.1, 0.15) is 22.9 Å². The normalized spacial score (nSPS) is 12.6. The number of ether oxygens (including phenoxy) is 2. The summed E-state index contributed by atoms with van der Waals surface area (Å²) >= 11 is 6.62. The fourth-order valence-electron chi connectivity index (χ4n) is 8.67. The van der Waals surface area contributed by atoms with Gasteiger partial charge in [0.05, 0.1) is 36.2 Å². The summed E-state index contributed by atoms with van der Waals surface area (Å²) in [6, 6.07) is 35.4. The van der Waals surface area contributed by atoms with E-state index in [0.29, 0.717) is 44.8 Å². The van der Waals surface area contributed by atoms with Gasteiger partial charge < -0.3 is 19.2 Å². The number of esters is 1. The summed E-state index contributed by atoms with van der Waals surface area (Å²) < 4.78 is 44.3. The second-order valence-corrected chi connectivity index (χ2v) is 21.1. The average Bonchev–Trinajstić information content (AvgIpc) is 3.72. The fourth-order valence-corrected chi connectivity index (χ4v) is 9.43. The number of fused-ring (bicyclic) bond motifs is 2. The molecule has 0 spiro atoms. The van der Waals surface area contributed by atoms with Crippen molar-refractivity contribution in [3.63, 3.8) is 0 Å². The molecule has 69 heavy (non-hydrogen) atoms. The van der Waals surface area contributed by atoms with E-state index >= 15 is 0 Å². The van der Waals surface area contributed by atoms with Crippen LogP contribution in [-0.2, 0) is 42.6 Å². The number of carbonyl (C=O) groups is 3. The molecule has 0 aliphatic carbocycles. The third-order valence-corrected chi connectivity index (χ3v) is 12.5. The van der Waals surface area contributed by atoms with E-state index in [2.05, 4.69) is 55.7 Å². The van der Waals surface area contributed by atoms with Crippen LogP contribution < -0.4 is 14.8 Å². The molecule has 1 atom stereocenters. The highest BCUT2D eigenvalue weighted by Crippen LogP contribution is 2.38. The number of allylic oxidation sites excluding steroid dienone is 1. The highest BCUT2D eigenvalue weighted by Gasteiger charge is 2.33. The van der Waals surface area contributed by atoms with Crippen molar-refractivity contribution in [2.75, 3.05) is 23.4 Å². The number of nitriles is 1. The van der Waals surface area contributed by atoms with Crippen molar-refractivity contribution in [3.05, 3.63) is 165 Å². The molecule has 0 fully saturated rings. The number of aromatic nitrogens is 1. The van der Waals surface area contributed by atoms with Crippen molar-refractivity contribution in [2.24, 2.45) is 5.41 Å². The first-order chi connectivity index (χ1) is 32.6. The molecule has 1 heterocycles. The van der Waals surface area contributed by atoms with Crippen LogP contribution in [0.4, 0.5) is 11.4 Å². The van der Waals surface area contributed by atoms with Gasteiger partial charge in [0.2, 0.25) is 27.8 Å². The molecule has 0 aliphatic rings. The summed E-state index contributed by atoms with van der Waals surface area (Å²) in [6.07, 6.45) is 1.73. The van der Waals surface area contributed by atoms with Crippen LogP contribution in [0.25, 0.3) is 33.5 Å². The van der Waals surface area contributed by atoms with Crippen molar-refractivity contribution in [2.45, 2.75) is 72.3 Å². The van der Waals surface area contributed by atoms with Gasteiger partial charge in [-0.05, 0) is 129 Å². The molecule has 0 saturated carbocycles. The smallest absolute Gasteiger partial charge is 0.311 e. The van der Waals surface area contributed by atoms with E-state index < -0.39 is 33.8 Å². The van der Waals surface area contributed by atoms with Crippen LogP contribution in [0.3, 0.4) is 0 Å². The lowest BCUT2D eigenvalue weighted by Crippen LogP contribution is -2.39. The SMILES string of the molecule is COc1ccc(C(=O)C(OC(=O)Cc2ccc(/C=C(\C#N)c3nc4cc(C(C)(C)CC(C)(C)C)ccc4o3)c(C)c2)C(=O)Nc2cc(Cc3c(NS(C)(=O)=O)ccc4ccccc34)ccc2Cl)cc1. The van der Waals surface area contributed by atoms with Crippen molar-refractivity contribution >= 4 is 84.2 Å². The Labute approximate surface area is 407 Å². The number of carbonyl (C=O) groups excluding carboxylic acids is 3. The van der Waals surface area contributed by atoms with Crippen molar-refractivity contribution < 1.29 is 36.7 Å². The number of halogens is 1. The van der Waals surface area contributed by atoms with Crippen LogP contribution in [0.15, 0.2) is 120 Å². The monoisotopic (exact) mass is 964 g/mol. The molecule has 1 unspecified atom stereocenters. The first-order valence-corrected chi connectivity index (χ1v) is 24.4. The zero-order chi connectivity index (χ0) is 49.8. The Kier molecular flexibility index (Phi) is 14.5. The number of hydrogen-bond donors (Lipinski definition) is 2. The number of rotatable bonds is 16. The number of ketones is 1. The minimum Gasteiger partial charge on any atom is -0.497 e. The number of nitrogens with one attached hydrogen (secondary N) is 2. The fraction of sp³-hybridized carbons (Fsp3) is 0.255. The number of oxazole rings is 1. The Hall–Kier alpha value is -7.27. The molecule has 7 aromatic rings. The summed E-state index contributed by atoms with van der Waals surface area (Å²) in [6.45, 7) is 12.9. The summed E-state index contributed by atoms with van der Waals surface area (Å²) in [5.74, 6) is -1.92. The van der Waals surface area contributed by atoms with Gasteiger partial charge in [0.15, 0.2) is 5.58 Å². The molecule has 12 nitrogen and oxygen atoms in total. The van der Waals surface area contributed by atoms with Crippen LogP contribution in [-0.4, -0.2) is 50.5 Å². The highest BCUT2D eigenvalue weighted by atomic mass is 35.5.